The molecule has 0 heterocycles. The molecule has 1 rings (SSSR count). The van der Waals surface area contributed by atoms with Gasteiger partial charge in [-0.1, -0.05) is 6.07 Å². The molecule has 0 amide bonds. The van der Waals surface area contributed by atoms with Gasteiger partial charge >= 0.3 is 0 Å². The monoisotopic (exact) mass is 273 g/mol. The molecule has 0 fully saturated rings. The lowest BCUT2D eigenvalue weighted by Crippen LogP contribution is -2.21. The van der Waals surface area contributed by atoms with Crippen molar-refractivity contribution in [3.63, 3.8) is 0 Å². The van der Waals surface area contributed by atoms with Crippen molar-refractivity contribution in [1.82, 2.24) is 0 Å². The fraction of sp³-hybridized carbons (Fsp3) is 0.455. The van der Waals surface area contributed by atoms with Crippen molar-refractivity contribution in [3.8, 4) is 0 Å². The predicted octanol–water partition coefficient (Wildman–Crippen LogP) is 1.93. The molecule has 15 heavy (non-hydrogen) atoms. The number of hydrogen-bond donors (Lipinski definition) is 2. The van der Waals surface area contributed by atoms with E-state index in [9.17, 15) is 5.11 Å². The summed E-state index contributed by atoms with van der Waals surface area (Å²) >= 11 is 3.45. The molecule has 0 radical (unpaired) electrons. The summed E-state index contributed by atoms with van der Waals surface area (Å²) in [7, 11) is 1.92. The maximum Gasteiger partial charge on any atom is 0.0762 e. The first-order valence-corrected chi connectivity index (χ1v) is 5.65. The first kappa shape index (κ1) is 12.5. The fourth-order valence-electron chi connectivity index (χ4n) is 1.36. The van der Waals surface area contributed by atoms with Crippen LogP contribution in [0.5, 0.6) is 0 Å². The first-order valence-electron chi connectivity index (χ1n) is 4.85. The summed E-state index contributed by atoms with van der Waals surface area (Å²) in [5.41, 5.74) is 1.89. The Morgan fingerprint density at radius 2 is 2.13 bits per heavy atom. The number of hydrogen-bond acceptors (Lipinski definition) is 3. The second-order valence-corrected chi connectivity index (χ2v) is 4.39. The molecule has 1 atom stereocenters. The molecule has 2 N–H and O–H groups in total. The zero-order valence-electron chi connectivity index (χ0n) is 8.94. The van der Waals surface area contributed by atoms with Gasteiger partial charge in [-0.05, 0) is 40.5 Å². The minimum absolute atomic E-state index is 0.126. The van der Waals surface area contributed by atoms with Gasteiger partial charge in [0.25, 0.3) is 0 Å². The predicted molar refractivity (Wildman–Crippen MR) is 65.1 cm³/mol. The topological polar surface area (TPSA) is 43.7 Å². The van der Waals surface area contributed by atoms with E-state index >= 15 is 0 Å². The molecule has 0 saturated heterocycles. The summed E-state index contributed by atoms with van der Waals surface area (Å²) in [5, 5.41) is 18.2. The molecular weight excluding hydrogens is 258 g/mol. The summed E-state index contributed by atoms with van der Waals surface area (Å²) in [6.45, 7) is 2.45. The number of halogens is 1. The highest BCUT2D eigenvalue weighted by atomic mass is 79.9. The standard InChI is InChI=1S/C11H16BrNO2/c1-8(15)9-3-4-11(10(12)7-9)13(2)5-6-14/h3-4,7-8,14-15H,5-6H2,1-2H3/t8-/m0/s1. The van der Waals surface area contributed by atoms with Crippen molar-refractivity contribution in [3.05, 3.63) is 28.2 Å². The van der Waals surface area contributed by atoms with Crippen molar-refractivity contribution in [2.45, 2.75) is 13.0 Å². The number of anilines is 1. The number of aliphatic hydroxyl groups excluding tert-OH is 2. The largest absolute Gasteiger partial charge is 0.395 e. The van der Waals surface area contributed by atoms with Crippen molar-refractivity contribution in [1.29, 1.82) is 0 Å². The molecule has 0 aliphatic heterocycles. The lowest BCUT2D eigenvalue weighted by molar-refractivity contribution is 0.199. The number of benzene rings is 1. The van der Waals surface area contributed by atoms with Crippen LogP contribution in [0.25, 0.3) is 0 Å². The normalized spacial score (nSPS) is 12.6. The van der Waals surface area contributed by atoms with Crippen LogP contribution < -0.4 is 4.90 Å². The molecule has 0 saturated carbocycles. The van der Waals surface area contributed by atoms with Gasteiger partial charge < -0.3 is 15.1 Å². The summed E-state index contributed by atoms with van der Waals surface area (Å²) in [6.07, 6.45) is -0.460. The average molecular weight is 274 g/mol. The van der Waals surface area contributed by atoms with Gasteiger partial charge in [0.05, 0.1) is 18.4 Å². The van der Waals surface area contributed by atoms with E-state index in [0.717, 1.165) is 15.7 Å². The van der Waals surface area contributed by atoms with Gasteiger partial charge in [0.2, 0.25) is 0 Å². The molecule has 1 aromatic carbocycles. The van der Waals surface area contributed by atoms with Gasteiger partial charge in [-0.2, -0.15) is 0 Å². The van der Waals surface area contributed by atoms with Gasteiger partial charge in [-0.25, -0.2) is 0 Å². The molecule has 4 heteroatoms. The highest BCUT2D eigenvalue weighted by molar-refractivity contribution is 9.10. The SMILES string of the molecule is C[C@H](O)c1ccc(N(C)CCO)c(Br)c1. The van der Waals surface area contributed by atoms with Gasteiger partial charge in [0.1, 0.15) is 0 Å². The van der Waals surface area contributed by atoms with Crippen LogP contribution in [0.15, 0.2) is 22.7 Å². The van der Waals surface area contributed by atoms with Gasteiger partial charge in [0.15, 0.2) is 0 Å². The molecule has 0 aliphatic carbocycles. The van der Waals surface area contributed by atoms with Crippen molar-refractivity contribution < 1.29 is 10.2 Å². The maximum absolute atomic E-state index is 9.41. The lowest BCUT2D eigenvalue weighted by Gasteiger charge is -2.20. The van der Waals surface area contributed by atoms with Crippen LogP contribution in [0, 0.1) is 0 Å². The third-order valence-corrected chi connectivity index (χ3v) is 2.94. The van der Waals surface area contributed by atoms with Crippen LogP contribution in [-0.4, -0.2) is 30.4 Å². The van der Waals surface area contributed by atoms with Crippen LogP contribution >= 0.6 is 15.9 Å². The van der Waals surface area contributed by atoms with Crippen molar-refractivity contribution in [2.75, 3.05) is 25.1 Å². The highest BCUT2D eigenvalue weighted by Crippen LogP contribution is 2.28. The second kappa shape index (κ2) is 5.49. The van der Waals surface area contributed by atoms with Gasteiger partial charge in [0, 0.05) is 18.1 Å². The molecule has 0 aromatic heterocycles. The summed E-state index contributed by atoms with van der Waals surface area (Å²) in [4.78, 5) is 1.95. The molecular formula is C11H16BrNO2. The summed E-state index contributed by atoms with van der Waals surface area (Å²) < 4.78 is 0.928. The first-order chi connectivity index (χ1) is 7.06. The minimum Gasteiger partial charge on any atom is -0.395 e. The third kappa shape index (κ3) is 3.19. The smallest absolute Gasteiger partial charge is 0.0762 e. The lowest BCUT2D eigenvalue weighted by atomic mass is 10.1. The summed E-state index contributed by atoms with van der Waals surface area (Å²) in [5.74, 6) is 0. The molecule has 84 valence electrons. The van der Waals surface area contributed by atoms with Crippen LogP contribution in [-0.2, 0) is 0 Å². The molecule has 0 aliphatic rings. The van der Waals surface area contributed by atoms with Crippen LogP contribution in [0.1, 0.15) is 18.6 Å². The Morgan fingerprint density at radius 1 is 1.47 bits per heavy atom. The van der Waals surface area contributed by atoms with E-state index in [4.69, 9.17) is 5.11 Å². The quantitative estimate of drug-likeness (QED) is 0.881. The number of rotatable bonds is 4. The fourth-order valence-corrected chi connectivity index (χ4v) is 2.06. The number of likely N-dealkylation sites (N-methyl/N-ethyl adjacent to an activating group) is 1. The second-order valence-electron chi connectivity index (χ2n) is 3.53. The van der Waals surface area contributed by atoms with Gasteiger partial charge in [-0.3, -0.25) is 0 Å². The average Bonchev–Trinajstić information content (AvgIpc) is 2.17. The van der Waals surface area contributed by atoms with E-state index in [1.165, 1.54) is 0 Å². The molecule has 0 unspecified atom stereocenters. The zero-order chi connectivity index (χ0) is 11.4. The Bertz CT molecular complexity index is 328. The third-order valence-electron chi connectivity index (χ3n) is 2.30. The van der Waals surface area contributed by atoms with Crippen molar-refractivity contribution >= 4 is 21.6 Å². The number of aliphatic hydroxyl groups is 2. The Hall–Kier alpha value is -0.580. The summed E-state index contributed by atoms with van der Waals surface area (Å²) in [6, 6.07) is 5.72. The number of nitrogens with zero attached hydrogens (tertiary/aromatic N) is 1. The van der Waals surface area contributed by atoms with Crippen LogP contribution in [0.4, 0.5) is 5.69 Å². The Labute approximate surface area is 98.5 Å². The van der Waals surface area contributed by atoms with Crippen molar-refractivity contribution in [2.24, 2.45) is 0 Å². The van der Waals surface area contributed by atoms with E-state index in [1.54, 1.807) is 6.92 Å². The highest BCUT2D eigenvalue weighted by Gasteiger charge is 2.08. The maximum atomic E-state index is 9.41. The Kier molecular flexibility index (Phi) is 4.57. The molecule has 3 nitrogen and oxygen atoms in total. The van der Waals surface area contributed by atoms with Gasteiger partial charge in [-0.15, -0.1) is 0 Å². The Balaban J connectivity index is 2.92. The van der Waals surface area contributed by atoms with E-state index in [1.807, 2.05) is 30.1 Å². The van der Waals surface area contributed by atoms with Crippen LogP contribution in [0.3, 0.4) is 0 Å². The van der Waals surface area contributed by atoms with E-state index in [0.29, 0.717) is 6.54 Å². The zero-order valence-corrected chi connectivity index (χ0v) is 10.5. The van der Waals surface area contributed by atoms with E-state index in [-0.39, 0.29) is 6.61 Å². The van der Waals surface area contributed by atoms with Crippen LogP contribution in [0.2, 0.25) is 0 Å². The minimum atomic E-state index is -0.460. The molecule has 0 bridgehead atoms. The Morgan fingerprint density at radius 3 is 2.60 bits per heavy atom. The van der Waals surface area contributed by atoms with E-state index in [2.05, 4.69) is 15.9 Å². The molecule has 1 aromatic rings. The molecule has 0 spiro atoms. The van der Waals surface area contributed by atoms with E-state index < -0.39 is 6.10 Å².